The number of amides is 1. The number of aryl methyl sites for hydroxylation is 1. The normalized spacial score (nSPS) is 12.1. The van der Waals surface area contributed by atoms with Gasteiger partial charge in [-0.25, -0.2) is 0 Å². The van der Waals surface area contributed by atoms with Crippen molar-refractivity contribution < 1.29 is 4.79 Å². The second kappa shape index (κ2) is 9.14. The summed E-state index contributed by atoms with van der Waals surface area (Å²) in [7, 11) is 0. The van der Waals surface area contributed by atoms with Gasteiger partial charge in [0, 0.05) is 22.0 Å². The van der Waals surface area contributed by atoms with Gasteiger partial charge in [0.1, 0.15) is 0 Å². The van der Waals surface area contributed by atoms with Gasteiger partial charge in [-0.15, -0.1) is 0 Å². The number of aromatic nitrogens is 2. The van der Waals surface area contributed by atoms with Crippen LogP contribution >= 0.6 is 11.6 Å². The average Bonchev–Trinajstić information content (AvgIpc) is 3.16. The number of nitrogens with zero attached hydrogens (tertiary/aromatic N) is 2. The van der Waals surface area contributed by atoms with E-state index in [4.69, 9.17) is 11.6 Å². The van der Waals surface area contributed by atoms with Crippen LogP contribution in [0.25, 0.3) is 10.9 Å². The molecule has 0 aliphatic carbocycles. The fraction of sp³-hybridized carbons (Fsp3) is 0.200. The van der Waals surface area contributed by atoms with Crippen molar-refractivity contribution >= 4 is 28.4 Å². The Morgan fingerprint density at radius 3 is 2.57 bits per heavy atom. The van der Waals surface area contributed by atoms with Crippen molar-refractivity contribution in [3.8, 4) is 0 Å². The lowest BCUT2D eigenvalue weighted by Crippen LogP contribution is -2.32. The summed E-state index contributed by atoms with van der Waals surface area (Å²) in [6, 6.07) is 23.9. The van der Waals surface area contributed by atoms with Crippen LogP contribution in [-0.4, -0.2) is 21.7 Å². The summed E-state index contributed by atoms with van der Waals surface area (Å²) in [5.74, 6) is -0.0586. The molecule has 5 heteroatoms. The summed E-state index contributed by atoms with van der Waals surface area (Å²) in [5.41, 5.74) is 3.97. The second-order valence-electron chi connectivity index (χ2n) is 7.60. The number of rotatable bonds is 7. The van der Waals surface area contributed by atoms with Crippen LogP contribution < -0.4 is 5.32 Å². The summed E-state index contributed by atoms with van der Waals surface area (Å²) >= 11 is 5.98. The van der Waals surface area contributed by atoms with Gasteiger partial charge in [-0.1, -0.05) is 60.1 Å². The van der Waals surface area contributed by atoms with Crippen LogP contribution in [-0.2, 0) is 13.0 Å². The smallest absolute Gasteiger partial charge is 0.251 e. The molecular formula is C25H24ClN3O. The van der Waals surface area contributed by atoms with Crippen LogP contribution in [0.1, 0.15) is 34.8 Å². The molecule has 0 spiro atoms. The maximum atomic E-state index is 12.8. The van der Waals surface area contributed by atoms with E-state index in [1.807, 2.05) is 78.5 Å². The third-order valence-electron chi connectivity index (χ3n) is 5.24. The molecule has 1 N–H and O–H groups in total. The molecule has 4 nitrogen and oxygen atoms in total. The summed E-state index contributed by atoms with van der Waals surface area (Å²) < 4.78 is 1.91. The van der Waals surface area contributed by atoms with Crippen LogP contribution in [0, 0.1) is 0 Å². The summed E-state index contributed by atoms with van der Waals surface area (Å²) in [6.07, 6.45) is 3.66. The Morgan fingerprint density at radius 2 is 1.80 bits per heavy atom. The Bertz CT molecular complexity index is 1140. The van der Waals surface area contributed by atoms with Gasteiger partial charge in [-0.2, -0.15) is 5.10 Å². The van der Waals surface area contributed by atoms with E-state index >= 15 is 0 Å². The summed E-state index contributed by atoms with van der Waals surface area (Å²) in [5, 5.41) is 9.33. The lowest BCUT2D eigenvalue weighted by Gasteiger charge is -2.14. The minimum atomic E-state index is -0.0586. The van der Waals surface area contributed by atoms with Crippen LogP contribution in [0.4, 0.5) is 0 Å². The number of halogens is 1. The lowest BCUT2D eigenvalue weighted by molar-refractivity contribution is 0.0938. The Labute approximate surface area is 181 Å². The highest BCUT2D eigenvalue weighted by atomic mass is 35.5. The number of nitrogens with one attached hydrogen (secondary N) is 1. The molecule has 1 atom stereocenters. The molecule has 0 bridgehead atoms. The number of hydrogen-bond acceptors (Lipinski definition) is 2. The molecule has 0 radical (unpaired) electrons. The molecule has 152 valence electrons. The van der Waals surface area contributed by atoms with Gasteiger partial charge in [-0.3, -0.25) is 9.48 Å². The minimum absolute atomic E-state index is 0.0586. The van der Waals surface area contributed by atoms with Crippen LogP contribution in [0.3, 0.4) is 0 Å². The second-order valence-corrected chi connectivity index (χ2v) is 8.04. The molecule has 1 amide bonds. The molecule has 0 aliphatic heterocycles. The Balaban J connectivity index is 1.44. The standard InChI is InChI=1S/C25H24ClN3O/c1-18(7-8-19-5-3-2-4-6-19)28-25(30)21-11-12-22-16-27-29(24(22)15-21)17-20-9-13-23(26)14-10-20/h2-6,9-16,18H,7-8,17H2,1H3,(H,28,30). The van der Waals surface area contributed by atoms with E-state index in [0.717, 1.165) is 29.3 Å². The highest BCUT2D eigenvalue weighted by molar-refractivity contribution is 6.30. The molecule has 0 saturated heterocycles. The first-order chi connectivity index (χ1) is 14.6. The highest BCUT2D eigenvalue weighted by Crippen LogP contribution is 2.18. The van der Waals surface area contributed by atoms with Crippen molar-refractivity contribution in [1.29, 1.82) is 0 Å². The Hall–Kier alpha value is -3.11. The minimum Gasteiger partial charge on any atom is -0.350 e. The first-order valence-electron chi connectivity index (χ1n) is 10.1. The van der Waals surface area contributed by atoms with Gasteiger partial charge < -0.3 is 5.32 Å². The van der Waals surface area contributed by atoms with Gasteiger partial charge in [0.05, 0.1) is 18.3 Å². The van der Waals surface area contributed by atoms with Crippen molar-refractivity contribution in [2.45, 2.75) is 32.4 Å². The lowest BCUT2D eigenvalue weighted by atomic mass is 10.1. The van der Waals surface area contributed by atoms with Crippen LogP contribution in [0.2, 0.25) is 5.02 Å². The van der Waals surface area contributed by atoms with Gasteiger partial charge in [-0.05, 0) is 55.2 Å². The fourth-order valence-electron chi connectivity index (χ4n) is 3.51. The molecule has 1 unspecified atom stereocenters. The molecule has 0 aliphatic rings. The van der Waals surface area contributed by atoms with Gasteiger partial charge in [0.25, 0.3) is 5.91 Å². The summed E-state index contributed by atoms with van der Waals surface area (Å²) in [4.78, 5) is 12.8. The van der Waals surface area contributed by atoms with Crippen LogP contribution in [0.15, 0.2) is 79.0 Å². The number of hydrogen-bond donors (Lipinski definition) is 1. The Kier molecular flexibility index (Phi) is 6.15. The molecule has 4 rings (SSSR count). The maximum Gasteiger partial charge on any atom is 0.251 e. The third-order valence-corrected chi connectivity index (χ3v) is 5.49. The topological polar surface area (TPSA) is 46.9 Å². The molecule has 1 aromatic heterocycles. The van der Waals surface area contributed by atoms with Crippen molar-refractivity contribution in [3.05, 3.63) is 101 Å². The molecular weight excluding hydrogens is 394 g/mol. The van der Waals surface area contributed by atoms with Gasteiger partial charge in [0.15, 0.2) is 0 Å². The predicted octanol–water partition coefficient (Wildman–Crippen LogP) is 5.49. The van der Waals surface area contributed by atoms with Crippen molar-refractivity contribution in [2.24, 2.45) is 0 Å². The molecule has 0 saturated carbocycles. The monoisotopic (exact) mass is 417 g/mol. The van der Waals surface area contributed by atoms with Gasteiger partial charge in [0.2, 0.25) is 0 Å². The molecule has 3 aromatic carbocycles. The number of carbonyl (C=O) groups excluding carboxylic acids is 1. The molecule has 30 heavy (non-hydrogen) atoms. The van der Waals surface area contributed by atoms with Gasteiger partial charge >= 0.3 is 0 Å². The zero-order chi connectivity index (χ0) is 20.9. The van der Waals surface area contributed by atoms with Crippen molar-refractivity contribution in [1.82, 2.24) is 15.1 Å². The zero-order valence-corrected chi connectivity index (χ0v) is 17.6. The highest BCUT2D eigenvalue weighted by Gasteiger charge is 2.12. The Morgan fingerprint density at radius 1 is 1.03 bits per heavy atom. The van der Waals surface area contributed by atoms with E-state index in [-0.39, 0.29) is 11.9 Å². The molecule has 1 heterocycles. The maximum absolute atomic E-state index is 12.8. The predicted molar refractivity (Wildman–Crippen MR) is 122 cm³/mol. The number of fused-ring (bicyclic) bond motifs is 1. The fourth-order valence-corrected chi connectivity index (χ4v) is 3.63. The number of benzene rings is 3. The van der Waals surface area contributed by atoms with E-state index in [1.54, 1.807) is 0 Å². The van der Waals surface area contributed by atoms with E-state index in [9.17, 15) is 4.79 Å². The summed E-state index contributed by atoms with van der Waals surface area (Å²) in [6.45, 7) is 2.67. The molecule has 4 aromatic rings. The van der Waals surface area contributed by atoms with Crippen molar-refractivity contribution in [3.63, 3.8) is 0 Å². The quantitative estimate of drug-likeness (QED) is 0.432. The molecule has 0 fully saturated rings. The van der Waals surface area contributed by atoms with E-state index < -0.39 is 0 Å². The number of carbonyl (C=O) groups is 1. The van der Waals surface area contributed by atoms with E-state index in [1.165, 1.54) is 5.56 Å². The SMILES string of the molecule is CC(CCc1ccccc1)NC(=O)c1ccc2cnn(Cc3ccc(Cl)cc3)c2c1. The zero-order valence-electron chi connectivity index (χ0n) is 16.9. The largest absolute Gasteiger partial charge is 0.350 e. The van der Waals surface area contributed by atoms with E-state index in [2.05, 4.69) is 22.5 Å². The first-order valence-corrected chi connectivity index (χ1v) is 10.5. The van der Waals surface area contributed by atoms with Crippen LogP contribution in [0.5, 0.6) is 0 Å². The van der Waals surface area contributed by atoms with E-state index in [0.29, 0.717) is 17.1 Å². The van der Waals surface area contributed by atoms with Crippen molar-refractivity contribution in [2.75, 3.05) is 0 Å². The third kappa shape index (κ3) is 4.89. The average molecular weight is 418 g/mol. The first kappa shape index (κ1) is 20.2.